The minimum absolute atomic E-state index is 0.0316. The van der Waals surface area contributed by atoms with E-state index in [2.05, 4.69) is 5.32 Å². The number of hydrogen-bond donors (Lipinski definition) is 1. The SMILES string of the molecule is CN1O[C@@H](CNC(=O)C2CCN(c3c([N+](=O)[O-])cc(C(F)(F)F)cc3[N+](=O)[O-])CC2)C[C@H]1c1ccccc1. The minimum atomic E-state index is -4.99. The number of benzene rings is 2. The van der Waals surface area contributed by atoms with E-state index in [1.54, 1.807) is 5.06 Å². The minimum Gasteiger partial charge on any atom is -0.360 e. The molecule has 14 heteroatoms. The Morgan fingerprint density at radius 1 is 1.08 bits per heavy atom. The van der Waals surface area contributed by atoms with Gasteiger partial charge in [-0.2, -0.15) is 18.2 Å². The van der Waals surface area contributed by atoms with Crippen LogP contribution in [0.1, 0.15) is 36.4 Å². The number of hydrogen-bond acceptors (Lipinski definition) is 8. The van der Waals surface area contributed by atoms with Crippen LogP contribution in [0.4, 0.5) is 30.2 Å². The Hall–Kier alpha value is -3.78. The zero-order valence-corrected chi connectivity index (χ0v) is 20.4. The molecule has 0 unspecified atom stereocenters. The van der Waals surface area contributed by atoms with Crippen LogP contribution in [0.25, 0.3) is 0 Å². The van der Waals surface area contributed by atoms with Crippen molar-refractivity contribution in [2.24, 2.45) is 5.92 Å². The van der Waals surface area contributed by atoms with Crippen molar-refractivity contribution in [1.29, 1.82) is 0 Å². The molecule has 204 valence electrons. The molecule has 38 heavy (non-hydrogen) atoms. The van der Waals surface area contributed by atoms with Crippen molar-refractivity contribution < 1.29 is 32.6 Å². The molecule has 2 aliphatic heterocycles. The lowest BCUT2D eigenvalue weighted by Crippen LogP contribution is -2.42. The van der Waals surface area contributed by atoms with E-state index in [0.29, 0.717) is 18.6 Å². The summed E-state index contributed by atoms with van der Waals surface area (Å²) < 4.78 is 39.6. The van der Waals surface area contributed by atoms with Crippen molar-refractivity contribution in [1.82, 2.24) is 10.4 Å². The van der Waals surface area contributed by atoms with E-state index < -0.39 is 44.6 Å². The number of hydroxylamine groups is 2. The van der Waals surface area contributed by atoms with Crippen LogP contribution < -0.4 is 10.2 Å². The van der Waals surface area contributed by atoms with Crippen LogP contribution in [0.5, 0.6) is 0 Å². The van der Waals surface area contributed by atoms with Crippen molar-refractivity contribution in [3.8, 4) is 0 Å². The molecule has 2 aromatic rings. The average Bonchev–Trinajstić information content (AvgIpc) is 3.26. The smallest absolute Gasteiger partial charge is 0.360 e. The van der Waals surface area contributed by atoms with E-state index in [-0.39, 0.29) is 50.5 Å². The second-order valence-corrected chi connectivity index (χ2v) is 9.32. The summed E-state index contributed by atoms with van der Waals surface area (Å²) in [7, 11) is 1.83. The van der Waals surface area contributed by atoms with Gasteiger partial charge in [0.2, 0.25) is 5.91 Å². The molecule has 0 aliphatic carbocycles. The molecule has 11 nitrogen and oxygen atoms in total. The van der Waals surface area contributed by atoms with Gasteiger partial charge in [-0.15, -0.1) is 0 Å². The van der Waals surface area contributed by atoms with E-state index in [9.17, 15) is 38.2 Å². The van der Waals surface area contributed by atoms with E-state index >= 15 is 0 Å². The van der Waals surface area contributed by atoms with E-state index in [4.69, 9.17) is 4.84 Å². The molecular weight excluding hydrogens is 511 g/mol. The Morgan fingerprint density at radius 3 is 2.18 bits per heavy atom. The summed E-state index contributed by atoms with van der Waals surface area (Å²) in [5.41, 5.74) is -2.85. The predicted molar refractivity (Wildman–Crippen MR) is 129 cm³/mol. The Bertz CT molecular complexity index is 1170. The molecule has 0 aromatic heterocycles. The zero-order chi connectivity index (χ0) is 27.6. The maximum atomic E-state index is 13.2. The molecule has 2 aliphatic rings. The maximum Gasteiger partial charge on any atom is 0.416 e. The third kappa shape index (κ3) is 5.86. The first-order valence-electron chi connectivity index (χ1n) is 12.0. The van der Waals surface area contributed by atoms with Crippen molar-refractivity contribution in [2.75, 3.05) is 31.6 Å². The van der Waals surface area contributed by atoms with Gasteiger partial charge in [0, 0.05) is 44.7 Å². The second-order valence-electron chi connectivity index (χ2n) is 9.32. The van der Waals surface area contributed by atoms with Crippen molar-refractivity contribution >= 4 is 23.0 Å². The zero-order valence-electron chi connectivity index (χ0n) is 20.4. The van der Waals surface area contributed by atoms with E-state index in [1.165, 1.54) is 4.90 Å². The molecule has 4 rings (SSSR count). The van der Waals surface area contributed by atoms with Crippen LogP contribution in [-0.4, -0.2) is 53.6 Å². The molecule has 2 atom stereocenters. The van der Waals surface area contributed by atoms with Gasteiger partial charge in [-0.05, 0) is 24.8 Å². The van der Waals surface area contributed by atoms with Crippen LogP contribution in [0, 0.1) is 26.1 Å². The quantitative estimate of drug-likeness (QED) is 0.410. The van der Waals surface area contributed by atoms with Gasteiger partial charge >= 0.3 is 6.18 Å². The van der Waals surface area contributed by atoms with Gasteiger partial charge in [0.1, 0.15) is 0 Å². The summed E-state index contributed by atoms with van der Waals surface area (Å²) in [6.45, 7) is 0.344. The lowest BCUT2D eigenvalue weighted by molar-refractivity contribution is -0.393. The summed E-state index contributed by atoms with van der Waals surface area (Å²) in [6, 6.07) is 10.5. The maximum absolute atomic E-state index is 13.2. The lowest BCUT2D eigenvalue weighted by Gasteiger charge is -2.32. The van der Waals surface area contributed by atoms with Crippen LogP contribution in [0.15, 0.2) is 42.5 Å². The van der Waals surface area contributed by atoms with E-state index in [0.717, 1.165) is 5.56 Å². The molecule has 1 amide bonds. The fourth-order valence-electron chi connectivity index (χ4n) is 4.99. The van der Waals surface area contributed by atoms with Gasteiger partial charge in [-0.3, -0.25) is 29.9 Å². The Balaban J connectivity index is 1.38. The highest BCUT2D eigenvalue weighted by molar-refractivity contribution is 5.80. The first-order valence-corrected chi connectivity index (χ1v) is 12.0. The van der Waals surface area contributed by atoms with Gasteiger partial charge in [0.25, 0.3) is 11.4 Å². The lowest BCUT2D eigenvalue weighted by atomic mass is 9.94. The number of amides is 1. The number of nitro groups is 2. The fourth-order valence-corrected chi connectivity index (χ4v) is 4.99. The third-order valence-electron chi connectivity index (χ3n) is 6.90. The molecule has 2 saturated heterocycles. The van der Waals surface area contributed by atoms with Crippen LogP contribution in [0.3, 0.4) is 0 Å². The second kappa shape index (κ2) is 10.9. The monoisotopic (exact) mass is 537 g/mol. The number of piperidine rings is 1. The number of carbonyl (C=O) groups excluding carboxylic acids is 1. The van der Waals surface area contributed by atoms with Gasteiger partial charge in [0.15, 0.2) is 5.69 Å². The van der Waals surface area contributed by atoms with Gasteiger partial charge in [0.05, 0.1) is 27.6 Å². The van der Waals surface area contributed by atoms with Gasteiger partial charge < -0.3 is 10.2 Å². The Kier molecular flexibility index (Phi) is 7.83. The Morgan fingerprint density at radius 2 is 1.66 bits per heavy atom. The van der Waals surface area contributed by atoms with Crippen LogP contribution in [0.2, 0.25) is 0 Å². The highest BCUT2D eigenvalue weighted by Crippen LogP contribution is 2.44. The van der Waals surface area contributed by atoms with Crippen LogP contribution in [-0.2, 0) is 15.8 Å². The molecule has 0 radical (unpaired) electrons. The van der Waals surface area contributed by atoms with Crippen molar-refractivity contribution in [2.45, 2.75) is 37.6 Å². The summed E-state index contributed by atoms with van der Waals surface area (Å²) in [4.78, 5) is 40.9. The predicted octanol–water partition coefficient (Wildman–Crippen LogP) is 4.23. The van der Waals surface area contributed by atoms with Crippen LogP contribution >= 0.6 is 0 Å². The molecular formula is C24H26F3N5O6. The normalized spacial score (nSPS) is 20.9. The van der Waals surface area contributed by atoms with E-state index in [1.807, 2.05) is 37.4 Å². The molecule has 2 fully saturated rings. The number of alkyl halides is 3. The molecule has 2 heterocycles. The number of anilines is 1. The summed E-state index contributed by atoms with van der Waals surface area (Å²) in [6.07, 6.45) is -4.09. The molecule has 2 aromatic carbocycles. The largest absolute Gasteiger partial charge is 0.416 e. The molecule has 0 spiro atoms. The number of nitrogens with zero attached hydrogens (tertiary/aromatic N) is 4. The van der Waals surface area contributed by atoms with Crippen molar-refractivity contribution in [3.63, 3.8) is 0 Å². The summed E-state index contributed by atoms with van der Waals surface area (Å²) in [5.74, 6) is -0.696. The average molecular weight is 537 g/mol. The number of nitro benzene ring substituents is 2. The topological polar surface area (TPSA) is 131 Å². The summed E-state index contributed by atoms with van der Waals surface area (Å²) in [5, 5.41) is 27.7. The number of rotatable bonds is 7. The number of carbonyl (C=O) groups is 1. The molecule has 1 N–H and O–H groups in total. The van der Waals surface area contributed by atoms with Gasteiger partial charge in [-0.25, -0.2) is 0 Å². The van der Waals surface area contributed by atoms with Gasteiger partial charge in [-0.1, -0.05) is 30.3 Å². The fraction of sp³-hybridized carbons (Fsp3) is 0.458. The highest BCUT2D eigenvalue weighted by atomic mass is 19.4. The molecule has 0 saturated carbocycles. The first kappa shape index (κ1) is 27.3. The number of halogens is 3. The standard InChI is InChI=1S/C24H26F3N5O6/c1-29-19(15-5-3-2-4-6-15)13-18(38-29)14-28-23(33)16-7-9-30(10-8-16)22-20(31(34)35)11-17(24(25,26)27)12-21(22)32(36)37/h2-6,11-12,16,18-19H,7-10,13-14H2,1H3,(H,28,33)/t18-,19+/m1/s1. The highest BCUT2D eigenvalue weighted by Gasteiger charge is 2.40. The third-order valence-corrected chi connectivity index (χ3v) is 6.90. The molecule has 0 bridgehead atoms. The Labute approximate surface area is 215 Å². The van der Waals surface area contributed by atoms with Crippen molar-refractivity contribution in [3.05, 3.63) is 73.8 Å². The summed E-state index contributed by atoms with van der Waals surface area (Å²) >= 11 is 0. The first-order chi connectivity index (χ1) is 18.0. The number of nitrogens with one attached hydrogen (secondary N) is 1.